The number of carbonyl (C=O) groups excluding carboxylic acids is 1. The van der Waals surface area contributed by atoms with Crippen molar-refractivity contribution in [2.75, 3.05) is 26.7 Å². The Morgan fingerprint density at radius 2 is 1.87 bits per heavy atom. The first-order valence-electron chi connectivity index (χ1n) is 8.12. The third kappa shape index (κ3) is 2.19. The van der Waals surface area contributed by atoms with E-state index in [4.69, 9.17) is 4.74 Å². The summed E-state index contributed by atoms with van der Waals surface area (Å²) in [6.45, 7) is 4.19. The first-order chi connectivity index (χ1) is 11.1. The molecule has 2 atom stereocenters. The molecule has 0 saturated carbocycles. The monoisotopic (exact) mass is 307 g/mol. The highest BCUT2D eigenvalue weighted by Gasteiger charge is 2.54. The van der Waals surface area contributed by atoms with Crippen LogP contribution >= 0.6 is 0 Å². The zero-order valence-corrected chi connectivity index (χ0v) is 13.6. The van der Waals surface area contributed by atoms with Crippen LogP contribution in [0.1, 0.15) is 27.4 Å². The van der Waals surface area contributed by atoms with Gasteiger partial charge in [-0.05, 0) is 31.7 Å². The van der Waals surface area contributed by atoms with Crippen molar-refractivity contribution in [3.05, 3.63) is 65.2 Å². The number of carbonyl (C=O) groups is 1. The number of hydrogen-bond donors (Lipinski definition) is 0. The molecule has 2 heterocycles. The van der Waals surface area contributed by atoms with Crippen molar-refractivity contribution in [3.8, 4) is 5.75 Å². The van der Waals surface area contributed by atoms with Crippen LogP contribution in [0.25, 0.3) is 0 Å². The number of aryl methyl sites for hydroxylation is 1. The van der Waals surface area contributed by atoms with Crippen LogP contribution in [0.3, 0.4) is 0 Å². The van der Waals surface area contributed by atoms with E-state index in [1.165, 1.54) is 11.1 Å². The lowest BCUT2D eigenvalue weighted by atomic mass is 9.69. The van der Waals surface area contributed by atoms with Gasteiger partial charge in [-0.25, -0.2) is 0 Å². The summed E-state index contributed by atoms with van der Waals surface area (Å²) >= 11 is 0. The fourth-order valence-corrected chi connectivity index (χ4v) is 4.06. The smallest absolute Gasteiger partial charge is 0.178 e. The van der Waals surface area contributed by atoms with Gasteiger partial charge >= 0.3 is 0 Å². The Hall–Kier alpha value is -2.13. The summed E-state index contributed by atoms with van der Waals surface area (Å²) < 4.78 is 6.01. The van der Waals surface area contributed by atoms with Crippen LogP contribution in [-0.2, 0) is 0 Å². The van der Waals surface area contributed by atoms with Gasteiger partial charge in [-0.3, -0.25) is 4.79 Å². The fraction of sp³-hybridized carbons (Fsp3) is 0.350. The van der Waals surface area contributed by atoms with Crippen molar-refractivity contribution < 1.29 is 9.53 Å². The molecule has 0 N–H and O–H groups in total. The van der Waals surface area contributed by atoms with E-state index in [2.05, 4.69) is 43.1 Å². The highest BCUT2D eigenvalue weighted by Crippen LogP contribution is 2.48. The average Bonchev–Trinajstić information content (AvgIpc) is 2.90. The standard InChI is InChI=1S/C20H21NO2/c1-14-7-9-15(10-8-14)17-11-21(2)12-20(17)13-23-18-6-4-3-5-16(18)19(20)22/h3-10,17H,11-13H2,1-2H3/t17-,20-/m0/s1. The zero-order valence-electron chi connectivity index (χ0n) is 13.6. The van der Waals surface area contributed by atoms with E-state index in [1.807, 2.05) is 24.3 Å². The van der Waals surface area contributed by atoms with Crippen LogP contribution < -0.4 is 4.74 Å². The lowest BCUT2D eigenvalue weighted by Crippen LogP contribution is -2.46. The van der Waals surface area contributed by atoms with Crippen LogP contribution in [0.2, 0.25) is 0 Å². The van der Waals surface area contributed by atoms with E-state index in [-0.39, 0.29) is 11.7 Å². The summed E-state index contributed by atoms with van der Waals surface area (Å²) in [5.41, 5.74) is 2.73. The third-order valence-electron chi connectivity index (χ3n) is 5.26. The zero-order chi connectivity index (χ0) is 16.0. The van der Waals surface area contributed by atoms with Gasteiger partial charge in [0.2, 0.25) is 0 Å². The van der Waals surface area contributed by atoms with Crippen LogP contribution in [0.15, 0.2) is 48.5 Å². The van der Waals surface area contributed by atoms with Gasteiger partial charge in [-0.1, -0.05) is 42.0 Å². The summed E-state index contributed by atoms with van der Waals surface area (Å²) in [4.78, 5) is 15.6. The number of likely N-dealkylation sites (tertiary alicyclic amines) is 1. The molecule has 0 aromatic heterocycles. The molecule has 2 aliphatic rings. The number of ketones is 1. The lowest BCUT2D eigenvalue weighted by molar-refractivity contribution is 0.0593. The molecule has 1 spiro atoms. The molecular weight excluding hydrogens is 286 g/mol. The van der Waals surface area contributed by atoms with E-state index in [0.29, 0.717) is 6.61 Å². The van der Waals surface area contributed by atoms with Gasteiger partial charge in [-0.2, -0.15) is 0 Å². The van der Waals surface area contributed by atoms with E-state index in [0.717, 1.165) is 24.4 Å². The Morgan fingerprint density at radius 1 is 1.13 bits per heavy atom. The topological polar surface area (TPSA) is 29.5 Å². The highest BCUT2D eigenvalue weighted by atomic mass is 16.5. The fourth-order valence-electron chi connectivity index (χ4n) is 4.06. The van der Waals surface area contributed by atoms with E-state index < -0.39 is 5.41 Å². The van der Waals surface area contributed by atoms with Gasteiger partial charge in [-0.15, -0.1) is 0 Å². The predicted octanol–water partition coefficient (Wildman–Crippen LogP) is 3.29. The first kappa shape index (κ1) is 14.5. The van der Waals surface area contributed by atoms with Crippen molar-refractivity contribution in [1.82, 2.24) is 4.90 Å². The van der Waals surface area contributed by atoms with Gasteiger partial charge in [0, 0.05) is 19.0 Å². The molecule has 3 nitrogen and oxygen atoms in total. The normalized spacial score (nSPS) is 27.0. The van der Waals surface area contributed by atoms with Crippen molar-refractivity contribution >= 4 is 5.78 Å². The molecule has 4 rings (SSSR count). The molecule has 2 aromatic rings. The minimum Gasteiger partial charge on any atom is -0.492 e. The Balaban J connectivity index is 1.79. The van der Waals surface area contributed by atoms with E-state index in [9.17, 15) is 4.79 Å². The van der Waals surface area contributed by atoms with E-state index >= 15 is 0 Å². The summed E-state index contributed by atoms with van der Waals surface area (Å²) in [5.74, 6) is 1.13. The number of likely N-dealkylation sites (N-methyl/N-ethyl adjacent to an activating group) is 1. The number of para-hydroxylation sites is 1. The Bertz CT molecular complexity index is 752. The molecule has 0 aliphatic carbocycles. The maximum Gasteiger partial charge on any atom is 0.178 e. The second-order valence-electron chi connectivity index (χ2n) is 6.93. The summed E-state index contributed by atoms with van der Waals surface area (Å²) in [7, 11) is 2.09. The van der Waals surface area contributed by atoms with E-state index in [1.54, 1.807) is 0 Å². The van der Waals surface area contributed by atoms with Crippen molar-refractivity contribution in [1.29, 1.82) is 0 Å². The largest absolute Gasteiger partial charge is 0.492 e. The number of ether oxygens (including phenoxy) is 1. The van der Waals surface area contributed by atoms with Gasteiger partial charge < -0.3 is 9.64 Å². The SMILES string of the molecule is Cc1ccc([C@@H]2CN(C)C[C@]23COc2ccccc2C3=O)cc1. The molecule has 0 amide bonds. The average molecular weight is 307 g/mol. The maximum absolute atomic E-state index is 13.3. The van der Waals surface area contributed by atoms with Crippen molar-refractivity contribution in [2.45, 2.75) is 12.8 Å². The van der Waals surface area contributed by atoms with Gasteiger partial charge in [0.15, 0.2) is 5.78 Å². The number of benzene rings is 2. The molecule has 2 aliphatic heterocycles. The van der Waals surface area contributed by atoms with Gasteiger partial charge in [0.1, 0.15) is 12.4 Å². The number of rotatable bonds is 1. The minimum atomic E-state index is -0.474. The van der Waals surface area contributed by atoms with Crippen LogP contribution in [0.4, 0.5) is 0 Å². The Morgan fingerprint density at radius 3 is 2.65 bits per heavy atom. The lowest BCUT2D eigenvalue weighted by Gasteiger charge is -2.37. The second kappa shape index (κ2) is 5.20. The molecule has 118 valence electrons. The molecule has 1 saturated heterocycles. The van der Waals surface area contributed by atoms with Crippen molar-refractivity contribution in [2.24, 2.45) is 5.41 Å². The van der Waals surface area contributed by atoms with Crippen LogP contribution in [0.5, 0.6) is 5.75 Å². The Labute approximate surface area is 136 Å². The van der Waals surface area contributed by atoms with Crippen LogP contribution in [-0.4, -0.2) is 37.4 Å². The molecule has 0 radical (unpaired) electrons. The first-order valence-corrected chi connectivity index (χ1v) is 8.12. The molecule has 3 heteroatoms. The maximum atomic E-state index is 13.3. The number of hydrogen-bond acceptors (Lipinski definition) is 3. The highest BCUT2D eigenvalue weighted by molar-refractivity contribution is 6.04. The number of nitrogens with zero attached hydrogens (tertiary/aromatic N) is 1. The molecule has 0 unspecified atom stereocenters. The number of Topliss-reactive ketones (excluding diaryl/α,β-unsaturated/α-hetero) is 1. The second-order valence-corrected chi connectivity index (χ2v) is 6.93. The van der Waals surface area contributed by atoms with Crippen LogP contribution in [0, 0.1) is 12.3 Å². The predicted molar refractivity (Wildman–Crippen MR) is 90.1 cm³/mol. The summed E-state index contributed by atoms with van der Waals surface area (Å²) in [6.07, 6.45) is 0. The molecular formula is C20H21NO2. The molecule has 0 bridgehead atoms. The Kier molecular flexibility index (Phi) is 3.27. The van der Waals surface area contributed by atoms with Crippen molar-refractivity contribution in [3.63, 3.8) is 0 Å². The van der Waals surface area contributed by atoms with Gasteiger partial charge in [0.05, 0.1) is 11.0 Å². The number of fused-ring (bicyclic) bond motifs is 1. The quantitative estimate of drug-likeness (QED) is 0.810. The molecule has 23 heavy (non-hydrogen) atoms. The molecule has 2 aromatic carbocycles. The molecule has 1 fully saturated rings. The summed E-state index contributed by atoms with van der Waals surface area (Å²) in [6, 6.07) is 16.2. The summed E-state index contributed by atoms with van der Waals surface area (Å²) in [5, 5.41) is 0. The van der Waals surface area contributed by atoms with Gasteiger partial charge in [0.25, 0.3) is 0 Å². The minimum absolute atomic E-state index is 0.175. The third-order valence-corrected chi connectivity index (χ3v) is 5.26.